The summed E-state index contributed by atoms with van der Waals surface area (Å²) >= 11 is 0. The summed E-state index contributed by atoms with van der Waals surface area (Å²) in [7, 11) is 4.27. The van der Waals surface area contributed by atoms with E-state index in [2.05, 4.69) is 44.7 Å². The predicted octanol–water partition coefficient (Wildman–Crippen LogP) is 1.49. The van der Waals surface area contributed by atoms with Crippen LogP contribution in [0.1, 0.15) is 27.2 Å². The Balaban J connectivity index is 3.98. The molecule has 1 unspecified atom stereocenters. The molecule has 0 fully saturated rings. The maximum absolute atomic E-state index is 5.60. The monoisotopic (exact) mass is 229 g/mol. The highest BCUT2D eigenvalue weighted by Gasteiger charge is 2.11. The van der Waals surface area contributed by atoms with Crippen molar-refractivity contribution >= 4 is 0 Å². The van der Waals surface area contributed by atoms with Crippen molar-refractivity contribution in [3.63, 3.8) is 0 Å². The van der Waals surface area contributed by atoms with Gasteiger partial charge in [-0.05, 0) is 38.9 Å². The van der Waals surface area contributed by atoms with Gasteiger partial charge in [0, 0.05) is 26.2 Å². The van der Waals surface area contributed by atoms with E-state index >= 15 is 0 Å². The molecular weight excluding hydrogens is 198 g/mol. The second kappa shape index (κ2) is 8.97. The van der Waals surface area contributed by atoms with E-state index in [-0.39, 0.29) is 0 Å². The average Bonchev–Trinajstić information content (AvgIpc) is 2.13. The van der Waals surface area contributed by atoms with E-state index in [1.165, 1.54) is 19.6 Å². The van der Waals surface area contributed by atoms with Crippen molar-refractivity contribution in [1.82, 2.24) is 9.80 Å². The van der Waals surface area contributed by atoms with E-state index in [0.29, 0.717) is 5.92 Å². The predicted molar refractivity (Wildman–Crippen MR) is 72.7 cm³/mol. The van der Waals surface area contributed by atoms with Gasteiger partial charge < -0.3 is 15.5 Å². The molecule has 0 amide bonds. The average molecular weight is 229 g/mol. The zero-order chi connectivity index (χ0) is 12.6. The molecule has 0 aromatic rings. The molecule has 0 rings (SSSR count). The minimum atomic E-state index is 0.714. The number of hydrogen-bond acceptors (Lipinski definition) is 3. The molecule has 0 radical (unpaired) electrons. The Morgan fingerprint density at radius 3 is 2.06 bits per heavy atom. The molecule has 0 bridgehead atoms. The molecule has 0 aromatic carbocycles. The highest BCUT2D eigenvalue weighted by atomic mass is 15.2. The molecule has 0 spiro atoms. The lowest BCUT2D eigenvalue weighted by molar-refractivity contribution is 0.192. The van der Waals surface area contributed by atoms with Crippen LogP contribution < -0.4 is 5.73 Å². The Morgan fingerprint density at radius 2 is 1.62 bits per heavy atom. The molecule has 2 N–H and O–H groups in total. The summed E-state index contributed by atoms with van der Waals surface area (Å²) in [5, 5.41) is 0. The lowest BCUT2D eigenvalue weighted by atomic mass is 10.1. The minimum absolute atomic E-state index is 0.714. The number of nitrogens with zero attached hydrogens (tertiary/aromatic N) is 2. The topological polar surface area (TPSA) is 32.5 Å². The van der Waals surface area contributed by atoms with Gasteiger partial charge in [0.15, 0.2) is 0 Å². The summed E-state index contributed by atoms with van der Waals surface area (Å²) in [6.45, 7) is 12.4. The Labute approximate surface area is 102 Å². The first kappa shape index (κ1) is 15.9. The first-order valence-electron chi connectivity index (χ1n) is 6.52. The number of hydrogen-bond donors (Lipinski definition) is 1. The summed E-state index contributed by atoms with van der Waals surface area (Å²) in [6.07, 6.45) is 1.14. The molecule has 0 heterocycles. The van der Waals surface area contributed by atoms with Gasteiger partial charge in [0.2, 0.25) is 0 Å². The third-order valence-electron chi connectivity index (χ3n) is 2.72. The molecule has 98 valence electrons. The molecule has 1 atom stereocenters. The molecule has 0 aliphatic carbocycles. The summed E-state index contributed by atoms with van der Waals surface area (Å²) in [5.41, 5.74) is 5.60. The van der Waals surface area contributed by atoms with Crippen molar-refractivity contribution < 1.29 is 0 Å². The van der Waals surface area contributed by atoms with Gasteiger partial charge in [0.25, 0.3) is 0 Å². The van der Waals surface area contributed by atoms with Gasteiger partial charge in [-0.25, -0.2) is 0 Å². The van der Waals surface area contributed by atoms with E-state index in [9.17, 15) is 0 Å². The van der Waals surface area contributed by atoms with Gasteiger partial charge in [-0.2, -0.15) is 0 Å². The molecule has 16 heavy (non-hydrogen) atoms. The summed E-state index contributed by atoms with van der Waals surface area (Å²) in [6, 6.07) is 0. The lowest BCUT2D eigenvalue weighted by Crippen LogP contribution is -2.37. The minimum Gasteiger partial charge on any atom is -0.330 e. The van der Waals surface area contributed by atoms with Crippen molar-refractivity contribution in [1.29, 1.82) is 0 Å². The van der Waals surface area contributed by atoms with Gasteiger partial charge in [0.05, 0.1) is 0 Å². The maximum atomic E-state index is 5.60. The van der Waals surface area contributed by atoms with Crippen LogP contribution in [-0.2, 0) is 0 Å². The van der Waals surface area contributed by atoms with Crippen molar-refractivity contribution in [2.45, 2.75) is 27.2 Å². The second-order valence-electron chi connectivity index (χ2n) is 5.64. The SMILES string of the molecule is CC(C)CN(CCN(C)C)CC(C)CCN. The van der Waals surface area contributed by atoms with E-state index in [1.54, 1.807) is 0 Å². The van der Waals surface area contributed by atoms with Crippen LogP contribution in [-0.4, -0.2) is 56.6 Å². The molecular formula is C13H31N3. The molecule has 3 heteroatoms. The van der Waals surface area contributed by atoms with Crippen LogP contribution in [0.4, 0.5) is 0 Å². The highest BCUT2D eigenvalue weighted by molar-refractivity contribution is 4.66. The van der Waals surface area contributed by atoms with Crippen LogP contribution >= 0.6 is 0 Å². The van der Waals surface area contributed by atoms with Crippen LogP contribution in [0.5, 0.6) is 0 Å². The van der Waals surface area contributed by atoms with E-state index in [4.69, 9.17) is 5.73 Å². The number of rotatable bonds is 9. The van der Waals surface area contributed by atoms with Gasteiger partial charge >= 0.3 is 0 Å². The van der Waals surface area contributed by atoms with Crippen LogP contribution in [0, 0.1) is 11.8 Å². The van der Waals surface area contributed by atoms with Crippen LogP contribution in [0.3, 0.4) is 0 Å². The second-order valence-corrected chi connectivity index (χ2v) is 5.64. The molecule has 3 nitrogen and oxygen atoms in total. The standard InChI is InChI=1S/C13H31N3/c1-12(2)10-16(9-8-15(4)5)11-13(3)6-7-14/h12-13H,6-11,14H2,1-5H3. The van der Waals surface area contributed by atoms with E-state index in [1.807, 2.05) is 0 Å². The number of likely N-dealkylation sites (N-methyl/N-ethyl adjacent to an activating group) is 1. The van der Waals surface area contributed by atoms with Gasteiger partial charge in [-0.1, -0.05) is 20.8 Å². The molecule has 0 saturated heterocycles. The fourth-order valence-electron chi connectivity index (χ4n) is 1.93. The first-order valence-corrected chi connectivity index (χ1v) is 6.52. The Kier molecular flexibility index (Phi) is 8.90. The molecule has 0 aliphatic heterocycles. The van der Waals surface area contributed by atoms with E-state index in [0.717, 1.165) is 25.4 Å². The Hall–Kier alpha value is -0.120. The van der Waals surface area contributed by atoms with Gasteiger partial charge in [-0.15, -0.1) is 0 Å². The molecule has 0 aliphatic rings. The van der Waals surface area contributed by atoms with E-state index < -0.39 is 0 Å². The third kappa shape index (κ3) is 9.13. The fraction of sp³-hybridized carbons (Fsp3) is 1.00. The molecule has 0 aromatic heterocycles. The number of nitrogens with two attached hydrogens (primary N) is 1. The van der Waals surface area contributed by atoms with Crippen molar-refractivity contribution in [3.05, 3.63) is 0 Å². The fourth-order valence-corrected chi connectivity index (χ4v) is 1.93. The zero-order valence-corrected chi connectivity index (χ0v) is 11.9. The Morgan fingerprint density at radius 1 is 1.00 bits per heavy atom. The van der Waals surface area contributed by atoms with Gasteiger partial charge in [-0.3, -0.25) is 0 Å². The van der Waals surface area contributed by atoms with Crippen LogP contribution in [0.15, 0.2) is 0 Å². The quantitative estimate of drug-likeness (QED) is 0.650. The maximum Gasteiger partial charge on any atom is 0.0109 e. The normalized spacial score (nSPS) is 14.1. The highest BCUT2D eigenvalue weighted by Crippen LogP contribution is 2.06. The summed E-state index contributed by atoms with van der Waals surface area (Å²) in [5.74, 6) is 1.46. The first-order chi connectivity index (χ1) is 7.45. The van der Waals surface area contributed by atoms with Crippen LogP contribution in [0.25, 0.3) is 0 Å². The Bertz CT molecular complexity index is 157. The lowest BCUT2D eigenvalue weighted by Gasteiger charge is -2.28. The summed E-state index contributed by atoms with van der Waals surface area (Å²) in [4.78, 5) is 4.83. The van der Waals surface area contributed by atoms with Crippen LogP contribution in [0.2, 0.25) is 0 Å². The zero-order valence-electron chi connectivity index (χ0n) is 11.9. The largest absolute Gasteiger partial charge is 0.330 e. The smallest absolute Gasteiger partial charge is 0.0109 e. The van der Waals surface area contributed by atoms with Gasteiger partial charge in [0.1, 0.15) is 0 Å². The summed E-state index contributed by atoms with van der Waals surface area (Å²) < 4.78 is 0. The van der Waals surface area contributed by atoms with Crippen molar-refractivity contribution in [2.24, 2.45) is 17.6 Å². The molecule has 0 saturated carbocycles. The van der Waals surface area contributed by atoms with Crippen molar-refractivity contribution in [3.8, 4) is 0 Å². The third-order valence-corrected chi connectivity index (χ3v) is 2.72. The van der Waals surface area contributed by atoms with Crippen molar-refractivity contribution in [2.75, 3.05) is 46.8 Å².